The number of fused-ring (bicyclic) bond motifs is 2. The van der Waals surface area contributed by atoms with Crippen LogP contribution in [0.25, 0.3) is 0 Å². The minimum absolute atomic E-state index is 0.0417. The number of aliphatic hydroxyl groups is 1. The van der Waals surface area contributed by atoms with E-state index in [1.807, 2.05) is 0 Å². The number of pyridine rings is 1. The van der Waals surface area contributed by atoms with Crippen LogP contribution in [0.1, 0.15) is 36.2 Å². The van der Waals surface area contributed by atoms with E-state index in [0.29, 0.717) is 19.3 Å². The van der Waals surface area contributed by atoms with Crippen molar-refractivity contribution >= 4 is 23.4 Å². The van der Waals surface area contributed by atoms with Crippen LogP contribution in [0.4, 0.5) is 8.78 Å². The summed E-state index contributed by atoms with van der Waals surface area (Å²) in [4.78, 5) is 28.7. The molecule has 2 bridgehead atoms. The molecule has 0 spiro atoms. The smallest absolute Gasteiger partial charge is 0.270 e. The highest BCUT2D eigenvalue weighted by Gasteiger charge is 2.61. The minimum Gasteiger partial charge on any atom is -0.484 e. The van der Waals surface area contributed by atoms with Gasteiger partial charge in [-0.3, -0.25) is 9.59 Å². The topological polar surface area (TPSA) is 101 Å². The summed E-state index contributed by atoms with van der Waals surface area (Å²) in [6, 6.07) is 6.28. The molecule has 31 heavy (non-hydrogen) atoms. The molecular weight excluding hydrogens is 432 g/mol. The number of nitrogens with zero attached hydrogens (tertiary/aromatic N) is 1. The number of benzene rings is 1. The monoisotopic (exact) mass is 451 g/mol. The Morgan fingerprint density at radius 1 is 1.23 bits per heavy atom. The summed E-state index contributed by atoms with van der Waals surface area (Å²) in [5.74, 6) is -1.98. The van der Waals surface area contributed by atoms with Crippen LogP contribution in [0, 0.1) is 11.6 Å². The molecule has 7 nitrogen and oxygen atoms in total. The normalized spacial score (nSPS) is 26.5. The SMILES string of the molecule is O=C(COc1ccc(Cl)c(F)c1)NC12CCC(NC(=O)c3ccc(F)cn3)(C1)C(O)C2. The van der Waals surface area contributed by atoms with Gasteiger partial charge in [-0.05, 0) is 49.9 Å². The van der Waals surface area contributed by atoms with Crippen molar-refractivity contribution in [2.45, 2.75) is 42.9 Å². The molecule has 3 atom stereocenters. The lowest BCUT2D eigenvalue weighted by atomic mass is 9.88. The maximum absolute atomic E-state index is 13.5. The second-order valence-corrected chi connectivity index (χ2v) is 8.47. The third kappa shape index (κ3) is 4.33. The van der Waals surface area contributed by atoms with Crippen molar-refractivity contribution < 1.29 is 28.2 Å². The second-order valence-electron chi connectivity index (χ2n) is 8.06. The third-order valence-electron chi connectivity index (χ3n) is 5.91. The van der Waals surface area contributed by atoms with Gasteiger partial charge in [0, 0.05) is 11.6 Å². The average molecular weight is 452 g/mol. The lowest BCUT2D eigenvalue weighted by Gasteiger charge is -2.33. The zero-order valence-corrected chi connectivity index (χ0v) is 17.1. The average Bonchev–Trinajstić information content (AvgIpc) is 3.20. The van der Waals surface area contributed by atoms with E-state index in [-0.39, 0.29) is 29.5 Å². The Balaban J connectivity index is 1.37. The number of ether oxygens (including phenoxy) is 1. The number of hydrogen-bond donors (Lipinski definition) is 3. The molecule has 0 saturated heterocycles. The molecule has 2 aromatic rings. The number of carbonyl (C=O) groups is 2. The Kier molecular flexibility index (Phi) is 5.57. The molecule has 164 valence electrons. The molecule has 3 N–H and O–H groups in total. The largest absolute Gasteiger partial charge is 0.484 e. The van der Waals surface area contributed by atoms with Crippen molar-refractivity contribution in [3.8, 4) is 5.75 Å². The number of nitrogens with one attached hydrogen (secondary N) is 2. The van der Waals surface area contributed by atoms with E-state index in [0.717, 1.165) is 18.3 Å². The summed E-state index contributed by atoms with van der Waals surface area (Å²) >= 11 is 5.62. The zero-order chi connectivity index (χ0) is 22.2. The van der Waals surface area contributed by atoms with Gasteiger partial charge in [0.15, 0.2) is 6.61 Å². The van der Waals surface area contributed by atoms with Gasteiger partial charge in [0.05, 0.1) is 22.9 Å². The lowest BCUT2D eigenvalue weighted by Crippen LogP contribution is -2.53. The maximum Gasteiger partial charge on any atom is 0.270 e. The number of amides is 2. The van der Waals surface area contributed by atoms with Crippen LogP contribution in [0.5, 0.6) is 5.75 Å². The summed E-state index contributed by atoms with van der Waals surface area (Å²) in [5, 5.41) is 16.3. The number of hydrogen-bond acceptors (Lipinski definition) is 5. The van der Waals surface area contributed by atoms with Gasteiger partial charge in [-0.1, -0.05) is 11.6 Å². The van der Waals surface area contributed by atoms with E-state index in [4.69, 9.17) is 16.3 Å². The number of carbonyl (C=O) groups excluding carboxylic acids is 2. The van der Waals surface area contributed by atoms with E-state index in [9.17, 15) is 23.5 Å². The van der Waals surface area contributed by atoms with Crippen LogP contribution in [-0.4, -0.2) is 45.7 Å². The first kappa shape index (κ1) is 21.5. The van der Waals surface area contributed by atoms with Crippen LogP contribution in [0.15, 0.2) is 36.5 Å². The Morgan fingerprint density at radius 3 is 2.71 bits per heavy atom. The molecular formula is C21H20ClF2N3O4. The van der Waals surface area contributed by atoms with Gasteiger partial charge >= 0.3 is 0 Å². The molecule has 2 aliphatic carbocycles. The summed E-state index contributed by atoms with van der Waals surface area (Å²) < 4.78 is 31.8. The molecule has 1 aromatic carbocycles. The first-order valence-corrected chi connectivity index (χ1v) is 10.1. The molecule has 1 heterocycles. The van der Waals surface area contributed by atoms with Crippen LogP contribution < -0.4 is 15.4 Å². The van der Waals surface area contributed by atoms with Gasteiger partial charge in [0.1, 0.15) is 23.1 Å². The first-order valence-electron chi connectivity index (χ1n) is 9.71. The molecule has 10 heteroatoms. The fourth-order valence-corrected chi connectivity index (χ4v) is 4.58. The van der Waals surface area contributed by atoms with Crippen molar-refractivity contribution in [2.75, 3.05) is 6.61 Å². The van der Waals surface area contributed by atoms with E-state index in [1.165, 1.54) is 18.2 Å². The summed E-state index contributed by atoms with van der Waals surface area (Å²) in [6.45, 7) is -0.336. The van der Waals surface area contributed by atoms with Gasteiger partial charge in [0.2, 0.25) is 0 Å². The van der Waals surface area contributed by atoms with Crippen LogP contribution in [0.2, 0.25) is 5.02 Å². The van der Waals surface area contributed by atoms with Crippen molar-refractivity contribution in [2.24, 2.45) is 0 Å². The quantitative estimate of drug-likeness (QED) is 0.626. The van der Waals surface area contributed by atoms with Crippen molar-refractivity contribution in [1.29, 1.82) is 0 Å². The van der Waals surface area contributed by atoms with Crippen LogP contribution >= 0.6 is 11.6 Å². The highest BCUT2D eigenvalue weighted by atomic mass is 35.5. The van der Waals surface area contributed by atoms with Gasteiger partial charge in [-0.2, -0.15) is 0 Å². The van der Waals surface area contributed by atoms with Gasteiger partial charge in [-0.25, -0.2) is 13.8 Å². The van der Waals surface area contributed by atoms with E-state index >= 15 is 0 Å². The van der Waals surface area contributed by atoms with Crippen LogP contribution in [-0.2, 0) is 4.79 Å². The molecule has 1 aromatic heterocycles. The number of aliphatic hydroxyl groups excluding tert-OH is 1. The molecule has 3 unspecified atom stereocenters. The predicted octanol–water partition coefficient (Wildman–Crippen LogP) is 2.36. The van der Waals surface area contributed by atoms with Gasteiger partial charge in [0.25, 0.3) is 11.8 Å². The Labute approximate surface area is 181 Å². The molecule has 2 aliphatic rings. The number of aromatic nitrogens is 1. The summed E-state index contributed by atoms with van der Waals surface area (Å²) in [7, 11) is 0. The Morgan fingerprint density at radius 2 is 2.03 bits per heavy atom. The third-order valence-corrected chi connectivity index (χ3v) is 6.22. The van der Waals surface area contributed by atoms with Gasteiger partial charge < -0.3 is 20.5 Å². The highest BCUT2D eigenvalue weighted by molar-refractivity contribution is 6.30. The second kappa shape index (κ2) is 8.05. The molecule has 2 saturated carbocycles. The molecule has 2 fully saturated rings. The van der Waals surface area contributed by atoms with Crippen LogP contribution in [0.3, 0.4) is 0 Å². The lowest BCUT2D eigenvalue weighted by molar-refractivity contribution is -0.125. The first-order chi connectivity index (χ1) is 14.7. The highest BCUT2D eigenvalue weighted by Crippen LogP contribution is 2.50. The fraction of sp³-hybridized carbons (Fsp3) is 0.381. The van der Waals surface area contributed by atoms with Crippen molar-refractivity contribution in [3.63, 3.8) is 0 Å². The minimum atomic E-state index is -0.902. The molecule has 4 rings (SSSR count). The molecule has 2 amide bonds. The number of rotatable bonds is 6. The summed E-state index contributed by atoms with van der Waals surface area (Å²) in [5.41, 5.74) is -1.55. The van der Waals surface area contributed by atoms with Crippen molar-refractivity contribution in [3.05, 3.63) is 58.9 Å². The maximum atomic E-state index is 13.5. The standard InChI is InChI=1S/C21H20ClF2N3O4/c22-14-3-2-13(7-15(14)24)31-10-18(29)26-20-5-6-21(11-20,17(28)8-20)27-19(30)16-4-1-12(23)9-25-16/h1-4,7,9,17,28H,5-6,8,10-11H2,(H,26,29)(H,27,30). The zero-order valence-electron chi connectivity index (χ0n) is 16.3. The van der Waals surface area contributed by atoms with Crippen molar-refractivity contribution in [1.82, 2.24) is 15.6 Å². The predicted molar refractivity (Wildman–Crippen MR) is 107 cm³/mol. The Bertz CT molecular complexity index is 1020. The van der Waals surface area contributed by atoms with E-state index in [2.05, 4.69) is 15.6 Å². The molecule has 0 aliphatic heterocycles. The number of halogens is 3. The molecule has 0 radical (unpaired) electrons. The van der Waals surface area contributed by atoms with E-state index in [1.54, 1.807) is 0 Å². The summed E-state index contributed by atoms with van der Waals surface area (Å²) in [6.07, 6.45) is 1.72. The van der Waals surface area contributed by atoms with E-state index < -0.39 is 40.6 Å². The van der Waals surface area contributed by atoms with Gasteiger partial charge in [-0.15, -0.1) is 0 Å². The Hall–Kier alpha value is -2.78. The fourth-order valence-electron chi connectivity index (χ4n) is 4.46.